The number of thiophene rings is 1. The van der Waals surface area contributed by atoms with Crippen molar-refractivity contribution in [2.45, 2.75) is 51.1 Å². The van der Waals surface area contributed by atoms with Crippen LogP contribution in [0.15, 0.2) is 47.5 Å². The molecule has 7 rings (SSSR count). The molecule has 0 bridgehead atoms. The number of halogens is 1. The van der Waals surface area contributed by atoms with Gasteiger partial charge in [-0.3, -0.25) is 38.8 Å². The number of fused-ring (bicyclic) bond motifs is 4. The van der Waals surface area contributed by atoms with Gasteiger partial charge in [0.1, 0.15) is 27.5 Å². The maximum atomic E-state index is 13.8. The standard InChI is InChI=1S/C35H33ClN8O5S2/c1-18(45)15-26-29-42-41-19(2)44(29)33-24(16-39-26)27(21-8-10-22(36)11-9-21)28(50-33)30(46)38-14-13-37-12-4-6-20-5-3-7-23-25(20)17-43(32(23)48)34-31(47)40-35(49)51-34/h3,5,7-11,16,26,34,37H,4,6,12-15,17H2,1-2H3,(H,38,46)(H,40,47,49)/t26-,34?/m0/s1. The van der Waals surface area contributed by atoms with Gasteiger partial charge in [0, 0.05) is 54.0 Å². The Morgan fingerprint density at radius 3 is 2.61 bits per heavy atom. The second kappa shape index (κ2) is 14.5. The van der Waals surface area contributed by atoms with Crippen molar-refractivity contribution in [3.8, 4) is 16.1 Å². The predicted molar refractivity (Wildman–Crippen MR) is 195 cm³/mol. The summed E-state index contributed by atoms with van der Waals surface area (Å²) in [7, 11) is 0. The lowest BCUT2D eigenvalue weighted by atomic mass is 9.99. The smallest absolute Gasteiger partial charge is 0.288 e. The average Bonchev–Trinajstić information content (AvgIpc) is 3.83. The molecular formula is C35H33ClN8O5S2. The fourth-order valence-electron chi connectivity index (χ4n) is 6.54. The van der Waals surface area contributed by atoms with Crippen LogP contribution in [-0.4, -0.2) is 79.6 Å². The molecule has 16 heteroatoms. The first kappa shape index (κ1) is 34.7. The number of aromatic nitrogens is 3. The lowest BCUT2D eigenvalue weighted by Crippen LogP contribution is -2.39. The number of amides is 4. The summed E-state index contributed by atoms with van der Waals surface area (Å²) in [5.74, 6) is 0.233. The SMILES string of the molecule is CC(=O)C[C@@H]1N=Cc2c(sc(C(=O)NCCNCCCc3cccc4c3CN(C3SC(=O)NC3=O)C4=O)c2-c2ccc(Cl)cc2)-n2c(C)nnc21. The van der Waals surface area contributed by atoms with Crippen LogP contribution in [0, 0.1) is 6.92 Å². The van der Waals surface area contributed by atoms with Gasteiger partial charge in [0.15, 0.2) is 11.2 Å². The molecule has 0 aliphatic carbocycles. The fraction of sp³-hybridized carbons (Fsp3) is 0.314. The van der Waals surface area contributed by atoms with Crippen molar-refractivity contribution < 1.29 is 24.0 Å². The lowest BCUT2D eigenvalue weighted by Gasteiger charge is -2.19. The van der Waals surface area contributed by atoms with E-state index in [1.54, 1.807) is 24.4 Å². The van der Waals surface area contributed by atoms with Crippen molar-refractivity contribution in [2.75, 3.05) is 19.6 Å². The van der Waals surface area contributed by atoms with E-state index in [1.165, 1.54) is 23.2 Å². The Labute approximate surface area is 306 Å². The lowest BCUT2D eigenvalue weighted by molar-refractivity contribution is -0.121. The molecule has 262 valence electrons. The summed E-state index contributed by atoms with van der Waals surface area (Å²) in [4.78, 5) is 69.4. The molecule has 3 aliphatic rings. The quantitative estimate of drug-likeness (QED) is 0.175. The number of Topliss-reactive ketones (excluding diaryl/α,β-unsaturated/α-hetero) is 1. The van der Waals surface area contributed by atoms with E-state index in [-0.39, 0.29) is 30.6 Å². The molecule has 1 saturated heterocycles. The number of rotatable bonds is 12. The predicted octanol–water partition coefficient (Wildman–Crippen LogP) is 4.63. The Balaban J connectivity index is 0.994. The Kier molecular flexibility index (Phi) is 9.88. The second-order valence-electron chi connectivity index (χ2n) is 12.4. The minimum absolute atomic E-state index is 0.0113. The molecule has 0 spiro atoms. The number of aliphatic imine (C=N–C) groups is 1. The molecule has 2 aromatic carbocycles. The Bertz CT molecular complexity index is 2110. The van der Waals surface area contributed by atoms with Gasteiger partial charge in [-0.15, -0.1) is 21.5 Å². The average molecular weight is 745 g/mol. The number of ketones is 1. The molecule has 13 nitrogen and oxygen atoms in total. The summed E-state index contributed by atoms with van der Waals surface area (Å²) in [5, 5.41) is 17.3. The number of thioether (sulfide) groups is 1. The molecule has 1 unspecified atom stereocenters. The van der Waals surface area contributed by atoms with Crippen LogP contribution < -0.4 is 16.0 Å². The molecule has 0 saturated carbocycles. The van der Waals surface area contributed by atoms with Crippen LogP contribution in [-0.2, 0) is 22.6 Å². The highest BCUT2D eigenvalue weighted by atomic mass is 35.5. The van der Waals surface area contributed by atoms with Crippen molar-refractivity contribution in [2.24, 2.45) is 4.99 Å². The van der Waals surface area contributed by atoms with E-state index in [0.717, 1.165) is 57.4 Å². The number of hydrogen-bond donors (Lipinski definition) is 3. The molecule has 0 radical (unpaired) electrons. The number of benzene rings is 2. The third-order valence-corrected chi connectivity index (χ3v) is 11.4. The van der Waals surface area contributed by atoms with Gasteiger partial charge in [-0.1, -0.05) is 35.9 Å². The normalized spacial score (nSPS) is 17.6. The van der Waals surface area contributed by atoms with Crippen LogP contribution in [0.3, 0.4) is 0 Å². The summed E-state index contributed by atoms with van der Waals surface area (Å²) >= 11 is 8.36. The van der Waals surface area contributed by atoms with Gasteiger partial charge in [-0.25, -0.2) is 0 Å². The van der Waals surface area contributed by atoms with Crippen molar-refractivity contribution in [3.63, 3.8) is 0 Å². The Morgan fingerprint density at radius 1 is 1.06 bits per heavy atom. The van der Waals surface area contributed by atoms with Crippen LogP contribution in [0.25, 0.3) is 16.1 Å². The number of nitrogens with zero attached hydrogens (tertiary/aromatic N) is 5. The summed E-state index contributed by atoms with van der Waals surface area (Å²) in [6, 6.07) is 12.4. The zero-order chi connectivity index (χ0) is 35.8. The third kappa shape index (κ3) is 6.86. The van der Waals surface area contributed by atoms with Gasteiger partial charge in [0.2, 0.25) is 0 Å². The van der Waals surface area contributed by atoms with Crippen molar-refractivity contribution in [1.82, 2.24) is 35.6 Å². The first-order valence-corrected chi connectivity index (χ1v) is 18.5. The van der Waals surface area contributed by atoms with Crippen LogP contribution in [0.1, 0.15) is 74.2 Å². The summed E-state index contributed by atoms with van der Waals surface area (Å²) in [6.07, 6.45) is 3.43. The highest BCUT2D eigenvalue weighted by molar-refractivity contribution is 8.15. The monoisotopic (exact) mass is 744 g/mol. The minimum atomic E-state index is -0.851. The zero-order valence-corrected chi connectivity index (χ0v) is 30.1. The maximum Gasteiger partial charge on any atom is 0.288 e. The molecule has 3 aliphatic heterocycles. The number of nitrogens with one attached hydrogen (secondary N) is 3. The molecular weight excluding hydrogens is 712 g/mol. The van der Waals surface area contributed by atoms with Crippen LogP contribution in [0.2, 0.25) is 5.02 Å². The third-order valence-electron chi connectivity index (χ3n) is 8.91. The van der Waals surface area contributed by atoms with E-state index >= 15 is 0 Å². The fourth-order valence-corrected chi connectivity index (χ4v) is 8.76. The number of hydrogen-bond acceptors (Lipinski definition) is 11. The van der Waals surface area contributed by atoms with E-state index in [2.05, 4.69) is 26.1 Å². The highest BCUT2D eigenvalue weighted by Gasteiger charge is 2.43. The van der Waals surface area contributed by atoms with Gasteiger partial charge >= 0.3 is 0 Å². The molecule has 2 aromatic heterocycles. The van der Waals surface area contributed by atoms with Gasteiger partial charge in [0.25, 0.3) is 23.0 Å². The Morgan fingerprint density at radius 2 is 1.86 bits per heavy atom. The molecule has 51 heavy (non-hydrogen) atoms. The van der Waals surface area contributed by atoms with E-state index in [0.29, 0.717) is 46.7 Å². The second-order valence-corrected chi connectivity index (χ2v) is 14.9. The molecule has 3 N–H and O–H groups in total. The van der Waals surface area contributed by atoms with E-state index < -0.39 is 22.6 Å². The minimum Gasteiger partial charge on any atom is -0.350 e. The summed E-state index contributed by atoms with van der Waals surface area (Å²) < 4.78 is 1.89. The molecule has 2 atom stereocenters. The van der Waals surface area contributed by atoms with Crippen LogP contribution in [0.4, 0.5) is 4.79 Å². The number of imide groups is 1. The van der Waals surface area contributed by atoms with Crippen molar-refractivity contribution >= 4 is 69.7 Å². The van der Waals surface area contributed by atoms with Crippen LogP contribution in [0.5, 0.6) is 0 Å². The topological polar surface area (TPSA) is 168 Å². The largest absolute Gasteiger partial charge is 0.350 e. The summed E-state index contributed by atoms with van der Waals surface area (Å²) in [5.41, 5.74) is 4.76. The van der Waals surface area contributed by atoms with E-state index in [9.17, 15) is 24.0 Å². The van der Waals surface area contributed by atoms with Crippen molar-refractivity contribution in [1.29, 1.82) is 0 Å². The van der Waals surface area contributed by atoms with Crippen molar-refractivity contribution in [3.05, 3.63) is 86.3 Å². The van der Waals surface area contributed by atoms with Crippen LogP contribution >= 0.6 is 34.7 Å². The first-order valence-electron chi connectivity index (χ1n) is 16.4. The van der Waals surface area contributed by atoms with Gasteiger partial charge in [0.05, 0.1) is 0 Å². The summed E-state index contributed by atoms with van der Waals surface area (Å²) in [6.45, 7) is 5.25. The number of carbonyl (C=O) groups excluding carboxylic acids is 5. The Hall–Kier alpha value is -4.70. The highest BCUT2D eigenvalue weighted by Crippen LogP contribution is 2.42. The maximum absolute atomic E-state index is 13.8. The van der Waals surface area contributed by atoms with Gasteiger partial charge in [-0.2, -0.15) is 0 Å². The molecule has 4 amide bonds. The van der Waals surface area contributed by atoms with Gasteiger partial charge in [-0.05, 0) is 79.9 Å². The van der Waals surface area contributed by atoms with E-state index in [4.69, 9.17) is 16.6 Å². The molecule has 5 heterocycles. The van der Waals surface area contributed by atoms with E-state index in [1.807, 2.05) is 35.8 Å². The molecule has 4 aromatic rings. The first-order chi connectivity index (χ1) is 24.6. The zero-order valence-electron chi connectivity index (χ0n) is 27.7. The van der Waals surface area contributed by atoms with Gasteiger partial charge < -0.3 is 15.5 Å². The number of aryl methyl sites for hydroxylation is 2. The molecule has 1 fully saturated rings. The number of carbonyl (C=O) groups is 5.